The number of amides is 1. The van der Waals surface area contributed by atoms with Crippen LogP contribution in [0.15, 0.2) is 23.2 Å². The predicted molar refractivity (Wildman–Crippen MR) is 106 cm³/mol. The number of ether oxygens (including phenoxy) is 1. The lowest BCUT2D eigenvalue weighted by Crippen LogP contribution is -2.70. The number of nitrogens with one attached hydrogen (secondary N) is 2. The van der Waals surface area contributed by atoms with Crippen LogP contribution in [0.4, 0.5) is 5.82 Å². The molecule has 28 heavy (non-hydrogen) atoms. The lowest BCUT2D eigenvalue weighted by atomic mass is 9.57. The van der Waals surface area contributed by atoms with Crippen molar-refractivity contribution in [3.8, 4) is 0 Å². The van der Waals surface area contributed by atoms with Crippen LogP contribution >= 0.6 is 0 Å². The second-order valence-electron chi connectivity index (χ2n) is 7.97. The van der Waals surface area contributed by atoms with Gasteiger partial charge in [0.15, 0.2) is 5.03 Å². The van der Waals surface area contributed by atoms with E-state index in [2.05, 4.69) is 29.5 Å². The minimum Gasteiger partial charge on any atom is -0.370 e. The first-order valence-electron chi connectivity index (χ1n) is 9.81. The molecule has 8 nitrogen and oxygen atoms in total. The topological polar surface area (TPSA) is 101 Å². The van der Waals surface area contributed by atoms with Crippen LogP contribution in [0, 0.1) is 11.3 Å². The fraction of sp³-hybridized carbons (Fsp3) is 0.684. The summed E-state index contributed by atoms with van der Waals surface area (Å²) >= 11 is 0. The summed E-state index contributed by atoms with van der Waals surface area (Å²) in [4.78, 5) is 15.4. The highest BCUT2D eigenvalue weighted by Gasteiger charge is 2.60. The second kappa shape index (κ2) is 8.34. The summed E-state index contributed by atoms with van der Waals surface area (Å²) in [5.41, 5.74) is 0.180. The van der Waals surface area contributed by atoms with Crippen molar-refractivity contribution in [1.82, 2.24) is 14.6 Å². The van der Waals surface area contributed by atoms with E-state index < -0.39 is 10.0 Å². The largest absolute Gasteiger partial charge is 0.370 e. The molecule has 2 N–H and O–H groups in total. The smallest absolute Gasteiger partial charge is 0.260 e. The van der Waals surface area contributed by atoms with Gasteiger partial charge in [-0.05, 0) is 30.9 Å². The molecule has 1 spiro atoms. The molecule has 1 amide bonds. The number of rotatable bonds is 9. The summed E-state index contributed by atoms with van der Waals surface area (Å²) in [6.07, 6.45) is 3.43. The molecule has 0 bridgehead atoms. The third-order valence-electron chi connectivity index (χ3n) is 5.75. The highest BCUT2D eigenvalue weighted by atomic mass is 32.2. The first-order chi connectivity index (χ1) is 13.3. The van der Waals surface area contributed by atoms with Gasteiger partial charge in [0.25, 0.3) is 10.0 Å². The monoisotopic (exact) mass is 410 g/mol. The number of sulfonamides is 1. The summed E-state index contributed by atoms with van der Waals surface area (Å²) in [7, 11) is -2.07. The number of carbonyl (C=O) groups excluding carboxylic acids is 1. The molecule has 0 radical (unpaired) electrons. The van der Waals surface area contributed by atoms with Gasteiger partial charge in [-0.25, -0.2) is 13.4 Å². The third-order valence-corrected chi connectivity index (χ3v) is 7.48. The Labute approximate surface area is 167 Å². The Morgan fingerprint density at radius 3 is 2.75 bits per heavy atom. The van der Waals surface area contributed by atoms with Crippen molar-refractivity contribution in [3.63, 3.8) is 0 Å². The highest BCUT2D eigenvalue weighted by molar-refractivity contribution is 7.89. The number of pyridine rings is 1. The average Bonchev–Trinajstić information content (AvgIpc) is 2.58. The van der Waals surface area contributed by atoms with Gasteiger partial charge in [0.2, 0.25) is 5.91 Å². The Bertz CT molecular complexity index is 808. The summed E-state index contributed by atoms with van der Waals surface area (Å²) in [5, 5.41) is 5.60. The van der Waals surface area contributed by atoms with Gasteiger partial charge < -0.3 is 15.4 Å². The maximum absolute atomic E-state index is 13.2. The van der Waals surface area contributed by atoms with Gasteiger partial charge in [-0.2, -0.15) is 4.31 Å². The lowest BCUT2D eigenvalue weighted by Gasteiger charge is -2.62. The normalized spacial score (nSPS) is 21.2. The Hall–Kier alpha value is -1.71. The van der Waals surface area contributed by atoms with Gasteiger partial charge in [-0.3, -0.25) is 4.79 Å². The van der Waals surface area contributed by atoms with E-state index in [0.29, 0.717) is 25.5 Å². The number of anilines is 1. The molecule has 1 atom stereocenters. The zero-order valence-electron chi connectivity index (χ0n) is 16.8. The fourth-order valence-corrected chi connectivity index (χ4v) is 6.22. The third kappa shape index (κ3) is 4.01. The van der Waals surface area contributed by atoms with Crippen molar-refractivity contribution in [2.24, 2.45) is 11.3 Å². The van der Waals surface area contributed by atoms with Crippen LogP contribution in [0.25, 0.3) is 0 Å². The molecule has 3 rings (SSSR count). The molecule has 1 saturated carbocycles. The molecule has 1 aliphatic heterocycles. The zero-order valence-corrected chi connectivity index (χ0v) is 17.6. The minimum absolute atomic E-state index is 0.00662. The molecule has 2 heterocycles. The van der Waals surface area contributed by atoms with E-state index in [1.807, 2.05) is 0 Å². The molecular weight excluding hydrogens is 380 g/mol. The fourth-order valence-electron chi connectivity index (χ4n) is 4.32. The molecule has 1 unspecified atom stereocenters. The van der Waals surface area contributed by atoms with Crippen LogP contribution in [-0.2, 0) is 19.6 Å². The molecule has 1 aromatic heterocycles. The average molecular weight is 411 g/mol. The first kappa shape index (κ1) is 21.0. The molecule has 1 aromatic rings. The van der Waals surface area contributed by atoms with Crippen molar-refractivity contribution in [3.05, 3.63) is 18.2 Å². The molecule has 156 valence electrons. The lowest BCUT2D eigenvalue weighted by molar-refractivity contribution is -0.125. The Kier molecular flexibility index (Phi) is 6.26. The van der Waals surface area contributed by atoms with Crippen molar-refractivity contribution in [1.29, 1.82) is 0 Å². The van der Waals surface area contributed by atoms with Crippen molar-refractivity contribution < 1.29 is 17.9 Å². The van der Waals surface area contributed by atoms with Crippen LogP contribution in [0.2, 0.25) is 0 Å². The van der Waals surface area contributed by atoms with E-state index in [4.69, 9.17) is 4.74 Å². The molecule has 2 fully saturated rings. The first-order valence-corrected chi connectivity index (χ1v) is 11.3. The van der Waals surface area contributed by atoms with E-state index in [0.717, 1.165) is 12.8 Å². The van der Waals surface area contributed by atoms with Crippen LogP contribution in [-0.4, -0.2) is 63.0 Å². The summed E-state index contributed by atoms with van der Waals surface area (Å²) < 4.78 is 33.2. The number of carbonyl (C=O) groups is 1. The summed E-state index contributed by atoms with van der Waals surface area (Å²) in [5.74, 6) is 0.567. The maximum atomic E-state index is 13.2. The maximum Gasteiger partial charge on any atom is 0.260 e. The predicted octanol–water partition coefficient (Wildman–Crippen LogP) is 1.46. The van der Waals surface area contributed by atoms with E-state index in [9.17, 15) is 13.2 Å². The van der Waals surface area contributed by atoms with Gasteiger partial charge in [0.1, 0.15) is 12.4 Å². The van der Waals surface area contributed by atoms with Crippen molar-refractivity contribution in [2.75, 3.05) is 38.7 Å². The van der Waals surface area contributed by atoms with Gasteiger partial charge >= 0.3 is 0 Å². The molecule has 1 aliphatic carbocycles. The highest BCUT2D eigenvalue weighted by Crippen LogP contribution is 2.56. The SMILES string of the molecule is CNC(=O)COCCNc1cccc(S(=O)(=O)N2CC3(CCC3)C2C(C)C)n1. The Morgan fingerprint density at radius 1 is 1.39 bits per heavy atom. The van der Waals surface area contributed by atoms with E-state index in [1.165, 1.54) is 6.42 Å². The van der Waals surface area contributed by atoms with Crippen LogP contribution in [0.3, 0.4) is 0 Å². The number of aromatic nitrogens is 1. The molecule has 1 saturated heterocycles. The van der Waals surface area contributed by atoms with Crippen molar-refractivity contribution in [2.45, 2.75) is 44.2 Å². The number of hydrogen-bond donors (Lipinski definition) is 2. The quantitative estimate of drug-likeness (QED) is 0.598. The van der Waals surface area contributed by atoms with Gasteiger partial charge in [-0.1, -0.05) is 26.3 Å². The Balaban J connectivity index is 1.62. The van der Waals surface area contributed by atoms with Crippen LogP contribution < -0.4 is 10.6 Å². The second-order valence-corrected chi connectivity index (χ2v) is 9.81. The van der Waals surface area contributed by atoms with E-state index >= 15 is 0 Å². The molecule has 9 heteroatoms. The van der Waals surface area contributed by atoms with E-state index in [-0.39, 0.29) is 34.9 Å². The number of nitrogens with zero attached hydrogens (tertiary/aromatic N) is 2. The minimum atomic E-state index is -3.62. The standard InChI is InChI=1S/C19H30N4O4S/c1-14(2)18-19(8-5-9-19)13-23(18)28(25,26)17-7-4-6-15(22-17)21-10-11-27-12-16(24)20-3/h4,6-7,14,18H,5,8-13H2,1-3H3,(H,20,24)(H,21,22). The van der Waals surface area contributed by atoms with E-state index in [1.54, 1.807) is 29.6 Å². The molecule has 2 aliphatic rings. The van der Waals surface area contributed by atoms with Gasteiger partial charge in [0, 0.05) is 31.6 Å². The number of likely N-dealkylation sites (N-methyl/N-ethyl adjacent to an activating group) is 1. The summed E-state index contributed by atoms with van der Waals surface area (Å²) in [6.45, 7) is 5.52. The molecule has 0 aromatic carbocycles. The van der Waals surface area contributed by atoms with Gasteiger partial charge in [0.05, 0.1) is 6.61 Å². The van der Waals surface area contributed by atoms with Crippen molar-refractivity contribution >= 4 is 21.7 Å². The summed E-state index contributed by atoms with van der Waals surface area (Å²) in [6, 6.07) is 5.02. The van der Waals surface area contributed by atoms with Gasteiger partial charge in [-0.15, -0.1) is 0 Å². The van der Waals surface area contributed by atoms with Crippen LogP contribution in [0.1, 0.15) is 33.1 Å². The van der Waals surface area contributed by atoms with Crippen LogP contribution in [0.5, 0.6) is 0 Å². The zero-order chi connectivity index (χ0) is 20.4. The Morgan fingerprint density at radius 2 is 2.14 bits per heavy atom. The molecular formula is C19H30N4O4S. The number of hydrogen-bond acceptors (Lipinski definition) is 6.